The summed E-state index contributed by atoms with van der Waals surface area (Å²) in [5.41, 5.74) is 4.70. The fraction of sp³-hybridized carbons (Fsp3) is 0.350. The van der Waals surface area contributed by atoms with Crippen molar-refractivity contribution in [3.8, 4) is 0 Å². The minimum absolute atomic E-state index is 0.0126. The zero-order valence-corrected chi connectivity index (χ0v) is 16.0. The summed E-state index contributed by atoms with van der Waals surface area (Å²) in [7, 11) is -3.18. The Bertz CT molecular complexity index is 1000. The van der Waals surface area contributed by atoms with Crippen molar-refractivity contribution in [2.45, 2.75) is 32.9 Å². The van der Waals surface area contributed by atoms with Crippen LogP contribution in [0.1, 0.15) is 16.7 Å². The number of urea groups is 1. The number of rotatable bonds is 2. The molecule has 2 aromatic carbocycles. The van der Waals surface area contributed by atoms with Crippen molar-refractivity contribution in [3.05, 3.63) is 59.2 Å². The molecule has 0 N–H and O–H groups in total. The van der Waals surface area contributed by atoms with E-state index in [4.69, 9.17) is 0 Å². The van der Waals surface area contributed by atoms with Crippen LogP contribution in [0.5, 0.6) is 0 Å². The van der Waals surface area contributed by atoms with Gasteiger partial charge in [0.05, 0.1) is 23.6 Å². The number of carbonyl (C=O) groups excluding carboxylic acids is 1. The average molecular weight is 370 g/mol. The Morgan fingerprint density at radius 3 is 2.27 bits per heavy atom. The number of anilines is 2. The van der Waals surface area contributed by atoms with Crippen LogP contribution in [0, 0.1) is 20.8 Å². The Labute approximate surface area is 154 Å². The van der Waals surface area contributed by atoms with E-state index in [0.29, 0.717) is 0 Å². The Morgan fingerprint density at radius 1 is 0.923 bits per heavy atom. The fourth-order valence-corrected chi connectivity index (χ4v) is 5.98. The smallest absolute Gasteiger partial charge is 0.288 e. The number of amides is 2. The molecule has 0 aliphatic carbocycles. The lowest BCUT2D eigenvalue weighted by Crippen LogP contribution is -2.38. The summed E-state index contributed by atoms with van der Waals surface area (Å²) in [5, 5.41) is 0. The standard InChI is InChI=1S/C20H22N2O3S/c1-13-6-4-8-16(10-13)21-18-11-26(24,25)12-19(18)22(20(21)23)17-9-5-7-14(2)15(17)3/h4-10,18-19H,11-12H2,1-3H3/t18-,19+/m1/s1. The van der Waals surface area contributed by atoms with Gasteiger partial charge >= 0.3 is 6.03 Å². The highest BCUT2D eigenvalue weighted by Gasteiger charge is 2.54. The molecule has 0 radical (unpaired) electrons. The van der Waals surface area contributed by atoms with E-state index in [0.717, 1.165) is 28.1 Å². The molecule has 5 nitrogen and oxygen atoms in total. The molecule has 2 heterocycles. The van der Waals surface area contributed by atoms with Crippen LogP contribution in [0.4, 0.5) is 16.2 Å². The Morgan fingerprint density at radius 2 is 1.58 bits per heavy atom. The van der Waals surface area contributed by atoms with E-state index in [9.17, 15) is 13.2 Å². The number of benzene rings is 2. The van der Waals surface area contributed by atoms with E-state index in [1.807, 2.05) is 63.2 Å². The molecule has 26 heavy (non-hydrogen) atoms. The molecule has 2 aliphatic rings. The third kappa shape index (κ3) is 2.60. The number of aryl methyl sites for hydroxylation is 2. The summed E-state index contributed by atoms with van der Waals surface area (Å²) in [6.07, 6.45) is 0. The fourth-order valence-electron chi connectivity index (χ4n) is 4.06. The van der Waals surface area contributed by atoms with Gasteiger partial charge in [0.1, 0.15) is 0 Å². The minimum Gasteiger partial charge on any atom is -0.288 e. The number of fused-ring (bicyclic) bond motifs is 1. The molecule has 0 saturated carbocycles. The predicted octanol–water partition coefficient (Wildman–Crippen LogP) is 3.22. The number of nitrogens with zero attached hydrogens (tertiary/aromatic N) is 2. The van der Waals surface area contributed by atoms with Crippen molar-refractivity contribution >= 4 is 27.2 Å². The van der Waals surface area contributed by atoms with Crippen molar-refractivity contribution in [2.75, 3.05) is 21.3 Å². The molecule has 6 heteroatoms. The highest BCUT2D eigenvalue weighted by Crippen LogP contribution is 2.39. The highest BCUT2D eigenvalue weighted by molar-refractivity contribution is 7.91. The summed E-state index contributed by atoms with van der Waals surface area (Å²) in [5.74, 6) is 0.0256. The van der Waals surface area contributed by atoms with Gasteiger partial charge in [0, 0.05) is 11.4 Å². The number of sulfone groups is 1. The minimum atomic E-state index is -3.18. The molecule has 2 aliphatic heterocycles. The molecule has 2 amide bonds. The van der Waals surface area contributed by atoms with Gasteiger partial charge in [0.15, 0.2) is 9.84 Å². The molecule has 0 unspecified atom stereocenters. The van der Waals surface area contributed by atoms with E-state index in [1.165, 1.54) is 0 Å². The van der Waals surface area contributed by atoms with E-state index in [-0.39, 0.29) is 29.6 Å². The zero-order valence-electron chi connectivity index (χ0n) is 15.1. The number of carbonyl (C=O) groups is 1. The molecule has 136 valence electrons. The molecule has 2 aromatic rings. The highest BCUT2D eigenvalue weighted by atomic mass is 32.2. The van der Waals surface area contributed by atoms with Crippen LogP contribution in [0.15, 0.2) is 42.5 Å². The zero-order chi connectivity index (χ0) is 18.6. The van der Waals surface area contributed by atoms with Crippen LogP contribution in [0.2, 0.25) is 0 Å². The van der Waals surface area contributed by atoms with Gasteiger partial charge in [-0.1, -0.05) is 24.3 Å². The van der Waals surface area contributed by atoms with Gasteiger partial charge in [-0.3, -0.25) is 9.80 Å². The maximum absolute atomic E-state index is 13.4. The monoisotopic (exact) mass is 370 g/mol. The second kappa shape index (κ2) is 5.84. The molecule has 0 aromatic heterocycles. The van der Waals surface area contributed by atoms with Crippen LogP contribution in [0.3, 0.4) is 0 Å². The van der Waals surface area contributed by atoms with E-state index < -0.39 is 9.84 Å². The molecule has 0 bridgehead atoms. The lowest BCUT2D eigenvalue weighted by Gasteiger charge is -2.24. The van der Waals surface area contributed by atoms with Crippen LogP contribution in [-0.2, 0) is 9.84 Å². The van der Waals surface area contributed by atoms with Crippen LogP contribution >= 0.6 is 0 Å². The summed E-state index contributed by atoms with van der Waals surface area (Å²) in [6, 6.07) is 12.6. The maximum Gasteiger partial charge on any atom is 0.329 e. The van der Waals surface area contributed by atoms with Crippen molar-refractivity contribution in [1.29, 1.82) is 0 Å². The molecule has 0 spiro atoms. The first-order valence-electron chi connectivity index (χ1n) is 8.74. The Hall–Kier alpha value is -2.34. The first-order chi connectivity index (χ1) is 12.3. The molecular formula is C20H22N2O3S. The quantitative estimate of drug-likeness (QED) is 0.763. The topological polar surface area (TPSA) is 57.7 Å². The molecule has 2 fully saturated rings. The number of hydrogen-bond donors (Lipinski definition) is 0. The van der Waals surface area contributed by atoms with Gasteiger partial charge in [-0.15, -0.1) is 0 Å². The Balaban J connectivity index is 1.86. The third-order valence-corrected chi connectivity index (χ3v) is 7.18. The third-order valence-electron chi connectivity index (χ3n) is 5.48. The van der Waals surface area contributed by atoms with Crippen molar-refractivity contribution < 1.29 is 13.2 Å². The second-order valence-electron chi connectivity index (χ2n) is 7.29. The van der Waals surface area contributed by atoms with Crippen LogP contribution in [0.25, 0.3) is 0 Å². The van der Waals surface area contributed by atoms with Crippen molar-refractivity contribution in [3.63, 3.8) is 0 Å². The largest absolute Gasteiger partial charge is 0.329 e. The summed E-state index contributed by atoms with van der Waals surface area (Å²) >= 11 is 0. The normalized spacial score (nSPS) is 24.2. The summed E-state index contributed by atoms with van der Waals surface area (Å²) in [4.78, 5) is 16.7. The SMILES string of the molecule is Cc1cccc(N2C(=O)N(c3cccc(C)c3C)[C@H]3CS(=O)(=O)C[C@H]32)c1. The lowest BCUT2D eigenvalue weighted by atomic mass is 10.1. The van der Waals surface area contributed by atoms with E-state index in [2.05, 4.69) is 0 Å². The maximum atomic E-state index is 13.4. The first-order valence-corrected chi connectivity index (χ1v) is 10.6. The van der Waals surface area contributed by atoms with Gasteiger partial charge in [0.25, 0.3) is 0 Å². The van der Waals surface area contributed by atoms with Crippen molar-refractivity contribution in [1.82, 2.24) is 0 Å². The molecule has 2 saturated heterocycles. The van der Waals surface area contributed by atoms with Crippen molar-refractivity contribution in [2.24, 2.45) is 0 Å². The van der Waals surface area contributed by atoms with Gasteiger partial charge in [-0.2, -0.15) is 0 Å². The molecule has 2 atom stereocenters. The van der Waals surface area contributed by atoms with Gasteiger partial charge in [0.2, 0.25) is 0 Å². The lowest BCUT2D eigenvalue weighted by molar-refractivity contribution is 0.255. The van der Waals surface area contributed by atoms with E-state index >= 15 is 0 Å². The van der Waals surface area contributed by atoms with Gasteiger partial charge < -0.3 is 0 Å². The van der Waals surface area contributed by atoms with E-state index in [1.54, 1.807) is 9.80 Å². The predicted molar refractivity (Wildman–Crippen MR) is 104 cm³/mol. The van der Waals surface area contributed by atoms with Gasteiger partial charge in [-0.25, -0.2) is 13.2 Å². The average Bonchev–Trinajstić information content (AvgIpc) is 2.99. The molecule has 4 rings (SSSR count). The van der Waals surface area contributed by atoms with Gasteiger partial charge in [-0.05, 0) is 55.7 Å². The molecular weight excluding hydrogens is 348 g/mol. The summed E-state index contributed by atoms with van der Waals surface area (Å²) in [6.45, 7) is 5.95. The first kappa shape index (κ1) is 17.1. The summed E-state index contributed by atoms with van der Waals surface area (Å²) < 4.78 is 24.7. The van der Waals surface area contributed by atoms with Crippen LogP contribution in [-0.4, -0.2) is 38.0 Å². The Kier molecular flexibility index (Phi) is 3.84. The second-order valence-corrected chi connectivity index (χ2v) is 9.45. The van der Waals surface area contributed by atoms with Crippen LogP contribution < -0.4 is 9.80 Å². The number of hydrogen-bond acceptors (Lipinski definition) is 3.